The molecular weight excluding hydrogens is 253 g/mol. The Morgan fingerprint density at radius 3 is 2.56 bits per heavy atom. The normalized spacial score (nSPS) is 10.1. The van der Waals surface area contributed by atoms with E-state index in [9.17, 15) is 4.39 Å². The number of benzene rings is 1. The molecule has 5 heteroatoms. The quantitative estimate of drug-likeness (QED) is 0.874. The first kappa shape index (κ1) is 14.7. The van der Waals surface area contributed by atoms with Crippen LogP contribution < -0.4 is 5.32 Å². The van der Waals surface area contributed by atoms with Gasteiger partial charge in [-0.15, -0.1) is 12.4 Å². The summed E-state index contributed by atoms with van der Waals surface area (Å²) in [5.74, 6) is 0. The molecule has 0 bridgehead atoms. The van der Waals surface area contributed by atoms with Gasteiger partial charge in [0.1, 0.15) is 6.67 Å². The Labute approximate surface area is 112 Å². The lowest BCUT2D eigenvalue weighted by Crippen LogP contribution is -2.12. The third-order valence-electron chi connectivity index (χ3n) is 2.50. The highest BCUT2D eigenvalue weighted by atomic mass is 35.5. The van der Waals surface area contributed by atoms with Gasteiger partial charge in [-0.25, -0.2) is 4.39 Å². The number of nitrogens with zero attached hydrogens (tertiary/aromatic N) is 2. The molecule has 3 nitrogen and oxygen atoms in total. The molecule has 0 aliphatic rings. The fourth-order valence-electron chi connectivity index (χ4n) is 1.65. The van der Waals surface area contributed by atoms with Gasteiger partial charge in [-0.2, -0.15) is 5.10 Å². The second kappa shape index (κ2) is 7.84. The van der Waals surface area contributed by atoms with Crippen LogP contribution in [0, 0.1) is 0 Å². The Kier molecular flexibility index (Phi) is 6.39. The molecule has 0 radical (unpaired) electrons. The van der Waals surface area contributed by atoms with Crippen LogP contribution in [0.4, 0.5) is 4.39 Å². The van der Waals surface area contributed by atoms with Crippen molar-refractivity contribution in [3.63, 3.8) is 0 Å². The van der Waals surface area contributed by atoms with Crippen molar-refractivity contribution in [3.8, 4) is 0 Å². The summed E-state index contributed by atoms with van der Waals surface area (Å²) in [6, 6.07) is 10.2. The number of alkyl halides is 1. The minimum Gasteiger partial charge on any atom is -0.309 e. The summed E-state index contributed by atoms with van der Waals surface area (Å²) < 4.78 is 13.7. The van der Waals surface area contributed by atoms with Gasteiger partial charge in [-0.1, -0.05) is 30.3 Å². The van der Waals surface area contributed by atoms with Crippen LogP contribution in [0.25, 0.3) is 0 Å². The molecule has 1 aromatic carbocycles. The zero-order valence-electron chi connectivity index (χ0n) is 10.1. The minimum atomic E-state index is -0.376. The maximum absolute atomic E-state index is 12.1. The predicted molar refractivity (Wildman–Crippen MR) is 72.4 cm³/mol. The number of aromatic nitrogens is 2. The maximum Gasteiger partial charge on any atom is 0.109 e. The van der Waals surface area contributed by atoms with Gasteiger partial charge in [-0.3, -0.25) is 4.68 Å². The zero-order valence-corrected chi connectivity index (χ0v) is 10.9. The van der Waals surface area contributed by atoms with E-state index < -0.39 is 0 Å². The summed E-state index contributed by atoms with van der Waals surface area (Å²) in [7, 11) is 0. The largest absolute Gasteiger partial charge is 0.309 e. The van der Waals surface area contributed by atoms with Gasteiger partial charge in [-0.05, 0) is 5.56 Å². The van der Waals surface area contributed by atoms with Crippen LogP contribution >= 0.6 is 12.4 Å². The van der Waals surface area contributed by atoms with Crippen molar-refractivity contribution in [3.05, 3.63) is 53.9 Å². The van der Waals surface area contributed by atoms with Crippen LogP contribution in [0.5, 0.6) is 0 Å². The number of rotatable bonds is 6. The van der Waals surface area contributed by atoms with E-state index in [2.05, 4.69) is 22.5 Å². The highest BCUT2D eigenvalue weighted by Gasteiger charge is 1.98. The van der Waals surface area contributed by atoms with E-state index in [0.29, 0.717) is 6.54 Å². The molecule has 0 spiro atoms. The highest BCUT2D eigenvalue weighted by molar-refractivity contribution is 5.85. The summed E-state index contributed by atoms with van der Waals surface area (Å²) in [6.45, 7) is 1.54. The van der Waals surface area contributed by atoms with E-state index in [1.165, 1.54) is 5.56 Å². The summed E-state index contributed by atoms with van der Waals surface area (Å²) in [6.07, 6.45) is 3.64. The molecule has 0 atom stereocenters. The molecule has 0 unspecified atom stereocenters. The molecule has 1 aromatic heterocycles. The molecule has 2 rings (SSSR count). The standard InChI is InChI=1S/C13H16FN3.ClH/c14-6-7-17-11-13(10-16-17)9-15-8-12-4-2-1-3-5-12;/h1-5,10-11,15H,6-9H2;1H. The van der Waals surface area contributed by atoms with Crippen molar-refractivity contribution < 1.29 is 4.39 Å². The maximum atomic E-state index is 12.1. The Bertz CT molecular complexity index is 445. The van der Waals surface area contributed by atoms with Crippen molar-refractivity contribution in [2.75, 3.05) is 6.67 Å². The molecule has 0 saturated heterocycles. The van der Waals surface area contributed by atoms with Gasteiger partial charge in [0.05, 0.1) is 12.7 Å². The van der Waals surface area contributed by atoms with Gasteiger partial charge in [0.2, 0.25) is 0 Å². The summed E-state index contributed by atoms with van der Waals surface area (Å²) in [5.41, 5.74) is 2.33. The van der Waals surface area contributed by atoms with Gasteiger partial charge in [0, 0.05) is 24.8 Å². The first-order valence-corrected chi connectivity index (χ1v) is 5.70. The Hall–Kier alpha value is -1.39. The third kappa shape index (κ3) is 4.47. The topological polar surface area (TPSA) is 29.9 Å². The van der Waals surface area contributed by atoms with Crippen molar-refractivity contribution in [1.82, 2.24) is 15.1 Å². The van der Waals surface area contributed by atoms with E-state index in [4.69, 9.17) is 0 Å². The Morgan fingerprint density at radius 1 is 1.11 bits per heavy atom. The lowest BCUT2D eigenvalue weighted by Gasteiger charge is -2.02. The predicted octanol–water partition coefficient (Wildman–Crippen LogP) is 2.56. The smallest absolute Gasteiger partial charge is 0.109 e. The second-order valence-corrected chi connectivity index (χ2v) is 3.89. The van der Waals surface area contributed by atoms with Crippen LogP contribution in [0.3, 0.4) is 0 Å². The SMILES string of the molecule is Cl.FCCn1cc(CNCc2ccccc2)cn1. The van der Waals surface area contributed by atoms with Crippen molar-refractivity contribution in [1.29, 1.82) is 0 Å². The number of hydrogen-bond donors (Lipinski definition) is 1. The summed E-state index contributed by atoms with van der Waals surface area (Å²) >= 11 is 0. The summed E-state index contributed by atoms with van der Waals surface area (Å²) in [5, 5.41) is 7.39. The number of hydrogen-bond acceptors (Lipinski definition) is 2. The first-order valence-electron chi connectivity index (χ1n) is 5.70. The van der Waals surface area contributed by atoms with E-state index in [0.717, 1.165) is 18.7 Å². The average Bonchev–Trinajstić information content (AvgIpc) is 2.79. The van der Waals surface area contributed by atoms with E-state index in [-0.39, 0.29) is 19.1 Å². The van der Waals surface area contributed by atoms with E-state index >= 15 is 0 Å². The lowest BCUT2D eigenvalue weighted by atomic mass is 10.2. The monoisotopic (exact) mass is 269 g/mol. The lowest BCUT2D eigenvalue weighted by molar-refractivity contribution is 0.427. The zero-order chi connectivity index (χ0) is 11.9. The van der Waals surface area contributed by atoms with Gasteiger partial charge in [0.15, 0.2) is 0 Å². The van der Waals surface area contributed by atoms with Crippen LogP contribution in [-0.4, -0.2) is 16.5 Å². The Balaban J connectivity index is 0.00000162. The van der Waals surface area contributed by atoms with Crippen LogP contribution in [0.2, 0.25) is 0 Å². The molecule has 1 N–H and O–H groups in total. The molecule has 98 valence electrons. The molecule has 0 aliphatic carbocycles. The van der Waals surface area contributed by atoms with E-state index in [1.807, 2.05) is 24.4 Å². The first-order chi connectivity index (χ1) is 8.38. The molecular formula is C13H17ClFN3. The van der Waals surface area contributed by atoms with Crippen LogP contribution in [-0.2, 0) is 19.6 Å². The van der Waals surface area contributed by atoms with Crippen LogP contribution in [0.15, 0.2) is 42.7 Å². The van der Waals surface area contributed by atoms with E-state index in [1.54, 1.807) is 10.9 Å². The fraction of sp³-hybridized carbons (Fsp3) is 0.308. The second-order valence-electron chi connectivity index (χ2n) is 3.89. The molecule has 0 amide bonds. The minimum absolute atomic E-state index is 0. The Morgan fingerprint density at radius 2 is 1.83 bits per heavy atom. The van der Waals surface area contributed by atoms with Gasteiger partial charge in [0.25, 0.3) is 0 Å². The van der Waals surface area contributed by atoms with Crippen molar-refractivity contribution in [2.45, 2.75) is 19.6 Å². The molecule has 18 heavy (non-hydrogen) atoms. The molecule has 0 saturated carbocycles. The molecule has 2 aromatic rings. The van der Waals surface area contributed by atoms with Gasteiger partial charge >= 0.3 is 0 Å². The highest BCUT2D eigenvalue weighted by Crippen LogP contribution is 2.00. The molecule has 0 aliphatic heterocycles. The summed E-state index contributed by atoms with van der Waals surface area (Å²) in [4.78, 5) is 0. The molecule has 1 heterocycles. The van der Waals surface area contributed by atoms with Crippen molar-refractivity contribution in [2.24, 2.45) is 0 Å². The van der Waals surface area contributed by atoms with Gasteiger partial charge < -0.3 is 5.32 Å². The van der Waals surface area contributed by atoms with Crippen LogP contribution in [0.1, 0.15) is 11.1 Å². The average molecular weight is 270 g/mol. The number of halogens is 2. The molecule has 0 fully saturated rings. The van der Waals surface area contributed by atoms with Crippen molar-refractivity contribution >= 4 is 12.4 Å². The number of nitrogens with one attached hydrogen (secondary N) is 1. The number of aryl methyl sites for hydroxylation is 1. The third-order valence-corrected chi connectivity index (χ3v) is 2.50. The fourth-order valence-corrected chi connectivity index (χ4v) is 1.65.